The van der Waals surface area contributed by atoms with Crippen LogP contribution in [-0.2, 0) is 11.2 Å². The average Bonchev–Trinajstić information content (AvgIpc) is 3.05. The van der Waals surface area contributed by atoms with E-state index in [1.807, 2.05) is 54.6 Å². The van der Waals surface area contributed by atoms with Crippen molar-refractivity contribution in [2.75, 3.05) is 7.11 Å². The molecular formula is C22H20N2O3. The lowest BCUT2D eigenvalue weighted by molar-refractivity contribution is -0.123. The summed E-state index contributed by atoms with van der Waals surface area (Å²) in [6.07, 6.45) is 0.440. The van der Waals surface area contributed by atoms with Gasteiger partial charge in [-0.1, -0.05) is 32.0 Å². The number of ether oxygens (including phenoxy) is 1. The molecule has 0 spiro atoms. The SMILES string of the molecule is COc1ccc(-c2c3c(nn2-c2ccccc2)CC(C)(C)C(=O)C3=O)cc1. The highest BCUT2D eigenvalue weighted by atomic mass is 16.5. The topological polar surface area (TPSA) is 61.2 Å². The van der Waals surface area contributed by atoms with Gasteiger partial charge in [0.25, 0.3) is 0 Å². The van der Waals surface area contributed by atoms with Crippen molar-refractivity contribution in [3.05, 3.63) is 65.9 Å². The van der Waals surface area contributed by atoms with Crippen LogP contribution in [0.25, 0.3) is 16.9 Å². The number of fused-ring (bicyclic) bond motifs is 1. The second kappa shape index (κ2) is 6.20. The Morgan fingerprint density at radius 2 is 1.67 bits per heavy atom. The number of rotatable bonds is 3. The Kier molecular flexibility index (Phi) is 3.95. The van der Waals surface area contributed by atoms with Crippen molar-refractivity contribution in [1.82, 2.24) is 9.78 Å². The Labute approximate surface area is 157 Å². The van der Waals surface area contributed by atoms with Gasteiger partial charge in [0.1, 0.15) is 5.75 Å². The molecule has 1 aromatic heterocycles. The van der Waals surface area contributed by atoms with Crippen molar-refractivity contribution in [2.24, 2.45) is 5.41 Å². The van der Waals surface area contributed by atoms with Gasteiger partial charge in [0.2, 0.25) is 11.6 Å². The lowest BCUT2D eigenvalue weighted by Crippen LogP contribution is -2.38. The normalized spacial score (nSPS) is 15.5. The van der Waals surface area contributed by atoms with Gasteiger partial charge < -0.3 is 4.74 Å². The van der Waals surface area contributed by atoms with E-state index < -0.39 is 11.2 Å². The molecule has 2 aromatic carbocycles. The molecule has 3 aromatic rings. The first kappa shape index (κ1) is 17.2. The highest BCUT2D eigenvalue weighted by Crippen LogP contribution is 2.38. The molecule has 0 amide bonds. The molecule has 27 heavy (non-hydrogen) atoms. The van der Waals surface area contributed by atoms with Crippen molar-refractivity contribution in [3.63, 3.8) is 0 Å². The number of hydrogen-bond donors (Lipinski definition) is 0. The van der Waals surface area contributed by atoms with Crippen LogP contribution in [0.5, 0.6) is 5.75 Å². The molecule has 0 radical (unpaired) electrons. The largest absolute Gasteiger partial charge is 0.497 e. The molecule has 0 atom stereocenters. The van der Waals surface area contributed by atoms with E-state index in [1.165, 1.54) is 0 Å². The van der Waals surface area contributed by atoms with Gasteiger partial charge >= 0.3 is 0 Å². The van der Waals surface area contributed by atoms with E-state index >= 15 is 0 Å². The standard InChI is InChI=1S/C22H20N2O3/c1-22(2)13-17-18(20(25)21(22)26)19(14-9-11-16(27-3)12-10-14)24(23-17)15-7-5-4-6-8-15/h4-12H,13H2,1-3H3. The van der Waals surface area contributed by atoms with Gasteiger partial charge in [0.15, 0.2) is 0 Å². The number of carbonyl (C=O) groups is 2. The maximum Gasteiger partial charge on any atom is 0.233 e. The second-order valence-corrected chi connectivity index (χ2v) is 7.37. The van der Waals surface area contributed by atoms with Crippen molar-refractivity contribution < 1.29 is 14.3 Å². The number of nitrogens with zero attached hydrogens (tertiary/aromatic N) is 2. The van der Waals surface area contributed by atoms with E-state index in [9.17, 15) is 9.59 Å². The lowest BCUT2D eigenvalue weighted by atomic mass is 9.74. The fourth-order valence-electron chi connectivity index (χ4n) is 3.52. The predicted octanol–water partition coefficient (Wildman–Crippen LogP) is 3.88. The molecule has 1 aliphatic carbocycles. The highest BCUT2D eigenvalue weighted by molar-refractivity contribution is 6.47. The zero-order valence-corrected chi connectivity index (χ0v) is 15.5. The molecule has 0 saturated heterocycles. The Hall–Kier alpha value is -3.21. The summed E-state index contributed by atoms with van der Waals surface area (Å²) < 4.78 is 7.00. The second-order valence-electron chi connectivity index (χ2n) is 7.37. The molecule has 1 aliphatic rings. The fraction of sp³-hybridized carbons (Fsp3) is 0.227. The van der Waals surface area contributed by atoms with Gasteiger partial charge in [0, 0.05) is 17.4 Å². The zero-order valence-electron chi connectivity index (χ0n) is 15.5. The van der Waals surface area contributed by atoms with Crippen LogP contribution in [0.2, 0.25) is 0 Å². The molecule has 0 aliphatic heterocycles. The number of para-hydroxylation sites is 1. The van der Waals surface area contributed by atoms with Crippen LogP contribution >= 0.6 is 0 Å². The molecule has 5 heteroatoms. The Morgan fingerprint density at radius 1 is 1.00 bits per heavy atom. The first-order chi connectivity index (χ1) is 12.9. The van der Waals surface area contributed by atoms with E-state index in [-0.39, 0.29) is 5.78 Å². The predicted molar refractivity (Wildman–Crippen MR) is 102 cm³/mol. The first-order valence-corrected chi connectivity index (χ1v) is 8.83. The molecule has 0 unspecified atom stereocenters. The van der Waals surface area contributed by atoms with Crippen LogP contribution in [0, 0.1) is 5.41 Å². The molecule has 136 valence electrons. The third kappa shape index (κ3) is 2.76. The van der Waals surface area contributed by atoms with Crippen LogP contribution in [0.1, 0.15) is 29.9 Å². The fourth-order valence-corrected chi connectivity index (χ4v) is 3.52. The van der Waals surface area contributed by atoms with Crippen LogP contribution in [-0.4, -0.2) is 28.5 Å². The van der Waals surface area contributed by atoms with Crippen LogP contribution < -0.4 is 4.74 Å². The van der Waals surface area contributed by atoms with Gasteiger partial charge in [0.05, 0.1) is 29.7 Å². The smallest absolute Gasteiger partial charge is 0.233 e. The molecule has 1 heterocycles. The summed E-state index contributed by atoms with van der Waals surface area (Å²) in [5.74, 6) is -0.103. The minimum Gasteiger partial charge on any atom is -0.497 e. The molecule has 5 nitrogen and oxygen atoms in total. The molecular weight excluding hydrogens is 340 g/mol. The van der Waals surface area contributed by atoms with Crippen molar-refractivity contribution in [1.29, 1.82) is 0 Å². The number of methoxy groups -OCH3 is 1. The van der Waals surface area contributed by atoms with Gasteiger partial charge in [-0.2, -0.15) is 5.10 Å². The first-order valence-electron chi connectivity index (χ1n) is 8.83. The summed E-state index contributed by atoms with van der Waals surface area (Å²) in [6, 6.07) is 17.1. The quantitative estimate of drug-likeness (QED) is 0.665. The van der Waals surface area contributed by atoms with E-state index in [1.54, 1.807) is 25.6 Å². The molecule has 0 saturated carbocycles. The summed E-state index contributed by atoms with van der Waals surface area (Å²) >= 11 is 0. The lowest BCUT2D eigenvalue weighted by Gasteiger charge is -2.25. The van der Waals surface area contributed by atoms with E-state index in [4.69, 9.17) is 9.84 Å². The third-order valence-electron chi connectivity index (χ3n) is 4.98. The van der Waals surface area contributed by atoms with Crippen molar-refractivity contribution in [3.8, 4) is 22.7 Å². The van der Waals surface area contributed by atoms with E-state index in [0.29, 0.717) is 23.4 Å². The van der Waals surface area contributed by atoms with Gasteiger partial charge in [-0.05, 0) is 36.4 Å². The van der Waals surface area contributed by atoms with Crippen LogP contribution in [0.4, 0.5) is 0 Å². The van der Waals surface area contributed by atoms with Gasteiger partial charge in [-0.25, -0.2) is 4.68 Å². The maximum atomic E-state index is 13.0. The summed E-state index contributed by atoms with van der Waals surface area (Å²) in [4.78, 5) is 25.6. The van der Waals surface area contributed by atoms with Crippen LogP contribution in [0.15, 0.2) is 54.6 Å². The number of hydrogen-bond acceptors (Lipinski definition) is 4. The number of carbonyl (C=O) groups excluding carboxylic acids is 2. The summed E-state index contributed by atoms with van der Waals surface area (Å²) in [5, 5.41) is 4.73. The summed E-state index contributed by atoms with van der Waals surface area (Å²) in [6.45, 7) is 3.59. The average molecular weight is 360 g/mol. The Morgan fingerprint density at radius 3 is 2.30 bits per heavy atom. The molecule has 0 N–H and O–H groups in total. The number of aromatic nitrogens is 2. The number of ketones is 2. The number of benzene rings is 2. The van der Waals surface area contributed by atoms with Gasteiger partial charge in [-0.15, -0.1) is 0 Å². The minimum absolute atomic E-state index is 0.364. The zero-order chi connectivity index (χ0) is 19.2. The minimum atomic E-state index is -0.739. The molecule has 4 rings (SSSR count). The molecule has 0 fully saturated rings. The van der Waals surface area contributed by atoms with E-state index in [0.717, 1.165) is 17.0 Å². The van der Waals surface area contributed by atoms with Crippen molar-refractivity contribution >= 4 is 11.6 Å². The Balaban J connectivity index is 1.99. The summed E-state index contributed by atoms with van der Waals surface area (Å²) in [5.41, 5.74) is 2.64. The summed E-state index contributed by atoms with van der Waals surface area (Å²) in [7, 11) is 1.61. The highest BCUT2D eigenvalue weighted by Gasteiger charge is 2.43. The maximum absolute atomic E-state index is 13.0. The number of Topliss-reactive ketones (excluding diaryl/α,β-unsaturated/α-hetero) is 2. The molecule has 0 bridgehead atoms. The van der Waals surface area contributed by atoms with Crippen LogP contribution in [0.3, 0.4) is 0 Å². The van der Waals surface area contributed by atoms with Crippen molar-refractivity contribution in [2.45, 2.75) is 20.3 Å². The monoisotopic (exact) mass is 360 g/mol. The van der Waals surface area contributed by atoms with E-state index in [2.05, 4.69) is 0 Å². The van der Waals surface area contributed by atoms with Gasteiger partial charge in [-0.3, -0.25) is 9.59 Å². The Bertz CT molecular complexity index is 1030. The third-order valence-corrected chi connectivity index (χ3v) is 4.98.